The number of halogens is 4. The molecule has 0 radical (unpaired) electrons. The van der Waals surface area contributed by atoms with E-state index in [-0.39, 0.29) is 10.8 Å². The summed E-state index contributed by atoms with van der Waals surface area (Å²) in [5, 5.41) is -0.123. The summed E-state index contributed by atoms with van der Waals surface area (Å²) in [7, 11) is 2.88. The van der Waals surface area contributed by atoms with Gasteiger partial charge in [-0.25, -0.2) is 9.78 Å². The molecule has 9 heteroatoms. The molecular weight excluding hydrogens is 373 g/mol. The summed E-state index contributed by atoms with van der Waals surface area (Å²) in [5.41, 5.74) is -0.294. The minimum Gasteiger partial charge on any atom is -0.479 e. The number of anilines is 2. The highest BCUT2D eigenvalue weighted by Gasteiger charge is 2.32. The lowest BCUT2D eigenvalue weighted by molar-refractivity contribution is -0.148. The lowest BCUT2D eigenvalue weighted by Gasteiger charge is -2.21. The Morgan fingerprint density at radius 1 is 1.27 bits per heavy atom. The van der Waals surface area contributed by atoms with Gasteiger partial charge in [-0.2, -0.15) is 13.2 Å². The first-order valence-corrected chi connectivity index (χ1v) is 7.82. The number of aromatic nitrogens is 1. The summed E-state index contributed by atoms with van der Waals surface area (Å²) in [6, 6.07) is 7.38. The van der Waals surface area contributed by atoms with E-state index in [1.54, 1.807) is 38.2 Å². The monoisotopic (exact) mass is 388 g/mol. The molecule has 0 aliphatic heterocycles. The van der Waals surface area contributed by atoms with Crippen molar-refractivity contribution in [2.75, 3.05) is 19.1 Å². The molecule has 0 saturated heterocycles. The molecule has 26 heavy (non-hydrogen) atoms. The fraction of sp³-hybridized carbons (Fsp3) is 0.294. The quantitative estimate of drug-likeness (QED) is 0.708. The van der Waals surface area contributed by atoms with E-state index in [0.717, 1.165) is 12.3 Å². The van der Waals surface area contributed by atoms with Crippen LogP contribution < -0.4 is 9.64 Å². The maximum Gasteiger partial charge on any atom is 0.417 e. The lowest BCUT2D eigenvalue weighted by atomic mass is 10.2. The average molecular weight is 389 g/mol. The molecule has 0 fully saturated rings. The molecule has 1 unspecified atom stereocenters. The van der Waals surface area contributed by atoms with Gasteiger partial charge in [0.15, 0.2) is 11.9 Å². The lowest BCUT2D eigenvalue weighted by Crippen LogP contribution is -2.24. The van der Waals surface area contributed by atoms with Gasteiger partial charge in [-0.1, -0.05) is 11.6 Å². The highest BCUT2D eigenvalue weighted by atomic mass is 35.5. The van der Waals surface area contributed by atoms with Crippen molar-refractivity contribution >= 4 is 29.1 Å². The minimum atomic E-state index is -4.51. The third-order valence-electron chi connectivity index (χ3n) is 3.54. The molecule has 1 heterocycles. The number of carbonyl (C=O) groups excluding carboxylic acids is 1. The molecule has 2 rings (SSSR count). The Bertz CT molecular complexity index is 782. The van der Waals surface area contributed by atoms with E-state index in [0.29, 0.717) is 11.4 Å². The number of nitrogens with zero attached hydrogens (tertiary/aromatic N) is 2. The molecule has 1 aromatic heterocycles. The van der Waals surface area contributed by atoms with Crippen LogP contribution >= 0.6 is 11.6 Å². The zero-order valence-electron chi connectivity index (χ0n) is 14.2. The first kappa shape index (κ1) is 19.8. The molecule has 5 nitrogen and oxygen atoms in total. The van der Waals surface area contributed by atoms with Gasteiger partial charge in [0.1, 0.15) is 5.75 Å². The van der Waals surface area contributed by atoms with Gasteiger partial charge in [0.2, 0.25) is 0 Å². The second kappa shape index (κ2) is 7.82. The summed E-state index contributed by atoms with van der Waals surface area (Å²) in [5.74, 6) is 0.106. The van der Waals surface area contributed by atoms with Crippen LogP contribution in [-0.4, -0.2) is 31.2 Å². The van der Waals surface area contributed by atoms with E-state index < -0.39 is 23.8 Å². The number of rotatable bonds is 5. The molecule has 0 bridgehead atoms. The molecule has 140 valence electrons. The van der Waals surface area contributed by atoms with Gasteiger partial charge < -0.3 is 14.4 Å². The summed E-state index contributed by atoms with van der Waals surface area (Å²) in [6.07, 6.45) is -4.55. The molecule has 0 N–H and O–H groups in total. The number of alkyl halides is 3. The summed E-state index contributed by atoms with van der Waals surface area (Å²) in [6.45, 7) is 1.55. The molecule has 0 aliphatic rings. The van der Waals surface area contributed by atoms with E-state index in [4.69, 9.17) is 16.3 Å². The predicted octanol–water partition coefficient (Wildman–Crippen LogP) is 4.46. The van der Waals surface area contributed by atoms with Gasteiger partial charge in [0, 0.05) is 18.9 Å². The summed E-state index contributed by atoms with van der Waals surface area (Å²) < 4.78 is 48.1. The molecule has 0 amide bonds. The van der Waals surface area contributed by atoms with Crippen molar-refractivity contribution in [2.45, 2.75) is 19.2 Å². The smallest absolute Gasteiger partial charge is 0.417 e. The van der Waals surface area contributed by atoms with Crippen molar-refractivity contribution in [1.29, 1.82) is 0 Å². The van der Waals surface area contributed by atoms with E-state index in [2.05, 4.69) is 9.72 Å². The minimum absolute atomic E-state index is 0.123. The zero-order chi connectivity index (χ0) is 19.5. The van der Waals surface area contributed by atoms with Crippen LogP contribution in [-0.2, 0) is 15.7 Å². The topological polar surface area (TPSA) is 51.7 Å². The van der Waals surface area contributed by atoms with Crippen molar-refractivity contribution in [2.24, 2.45) is 0 Å². The Hall–Kier alpha value is -2.48. The number of ether oxygens (including phenoxy) is 2. The Morgan fingerprint density at radius 2 is 1.88 bits per heavy atom. The van der Waals surface area contributed by atoms with Crippen LogP contribution in [0.25, 0.3) is 0 Å². The third kappa shape index (κ3) is 4.57. The molecule has 0 saturated carbocycles. The Kier molecular flexibility index (Phi) is 5.97. The molecule has 0 spiro atoms. The van der Waals surface area contributed by atoms with Gasteiger partial charge in [-0.05, 0) is 37.3 Å². The molecular formula is C17H16ClF3N2O3. The van der Waals surface area contributed by atoms with Crippen LogP contribution in [0.2, 0.25) is 5.02 Å². The van der Waals surface area contributed by atoms with Gasteiger partial charge >= 0.3 is 12.1 Å². The predicted molar refractivity (Wildman–Crippen MR) is 90.9 cm³/mol. The summed E-state index contributed by atoms with van der Waals surface area (Å²) in [4.78, 5) is 16.7. The number of methoxy groups -OCH3 is 1. The fourth-order valence-corrected chi connectivity index (χ4v) is 2.41. The van der Waals surface area contributed by atoms with E-state index in [1.807, 2.05) is 0 Å². The van der Waals surface area contributed by atoms with Crippen LogP contribution in [0.3, 0.4) is 0 Å². The molecule has 2 aromatic rings. The van der Waals surface area contributed by atoms with Crippen LogP contribution in [0.1, 0.15) is 12.5 Å². The molecule has 1 atom stereocenters. The van der Waals surface area contributed by atoms with Crippen LogP contribution in [0.15, 0.2) is 36.5 Å². The zero-order valence-corrected chi connectivity index (χ0v) is 14.9. The molecule has 0 aliphatic carbocycles. The second-order valence-electron chi connectivity index (χ2n) is 5.36. The third-order valence-corrected chi connectivity index (χ3v) is 3.81. The van der Waals surface area contributed by atoms with Gasteiger partial charge in [0.25, 0.3) is 0 Å². The van der Waals surface area contributed by atoms with Crippen LogP contribution in [0, 0.1) is 0 Å². The highest BCUT2D eigenvalue weighted by Crippen LogP contribution is 2.35. The van der Waals surface area contributed by atoms with E-state index >= 15 is 0 Å². The highest BCUT2D eigenvalue weighted by molar-refractivity contribution is 6.33. The standard InChI is InChI=1S/C17H16ClF3N2O3/c1-10(16(24)25-3)26-13-6-4-12(5-7-13)23(2)15-14(18)8-11(9-22-15)17(19,20)21/h4-10H,1-3H3. The number of hydrogen-bond acceptors (Lipinski definition) is 5. The largest absolute Gasteiger partial charge is 0.479 e. The Balaban J connectivity index is 2.17. The van der Waals surface area contributed by atoms with E-state index in [9.17, 15) is 18.0 Å². The number of benzene rings is 1. The van der Waals surface area contributed by atoms with Crippen LogP contribution in [0.5, 0.6) is 5.75 Å². The fourth-order valence-electron chi connectivity index (χ4n) is 2.12. The Morgan fingerprint density at radius 3 is 2.38 bits per heavy atom. The van der Waals surface area contributed by atoms with Gasteiger partial charge in [-0.3, -0.25) is 0 Å². The van der Waals surface area contributed by atoms with Crippen molar-refractivity contribution < 1.29 is 27.4 Å². The van der Waals surface area contributed by atoms with Crippen molar-refractivity contribution in [3.8, 4) is 5.75 Å². The first-order valence-electron chi connectivity index (χ1n) is 7.44. The SMILES string of the molecule is COC(=O)C(C)Oc1ccc(N(C)c2ncc(C(F)(F)F)cc2Cl)cc1. The van der Waals surface area contributed by atoms with Crippen molar-refractivity contribution in [1.82, 2.24) is 4.98 Å². The number of hydrogen-bond donors (Lipinski definition) is 0. The first-order chi connectivity index (χ1) is 12.1. The molecule has 1 aromatic carbocycles. The average Bonchev–Trinajstić information content (AvgIpc) is 2.60. The second-order valence-corrected chi connectivity index (χ2v) is 5.77. The number of carbonyl (C=O) groups is 1. The van der Waals surface area contributed by atoms with Crippen molar-refractivity contribution in [3.05, 3.63) is 47.1 Å². The number of esters is 1. The van der Waals surface area contributed by atoms with E-state index in [1.165, 1.54) is 12.0 Å². The Labute approximate surface area is 153 Å². The number of pyridine rings is 1. The van der Waals surface area contributed by atoms with Gasteiger partial charge in [0.05, 0.1) is 17.7 Å². The van der Waals surface area contributed by atoms with Crippen LogP contribution in [0.4, 0.5) is 24.7 Å². The van der Waals surface area contributed by atoms with Crippen molar-refractivity contribution in [3.63, 3.8) is 0 Å². The maximum absolute atomic E-state index is 12.7. The maximum atomic E-state index is 12.7. The van der Waals surface area contributed by atoms with Gasteiger partial charge in [-0.15, -0.1) is 0 Å². The summed E-state index contributed by atoms with van der Waals surface area (Å²) >= 11 is 5.95. The normalized spacial score (nSPS) is 12.4.